The minimum atomic E-state index is -4.49. The third kappa shape index (κ3) is 6.83. The number of nitrogens with one attached hydrogen (secondary N) is 1. The number of hydrogen-bond acceptors (Lipinski definition) is 5. The van der Waals surface area contributed by atoms with Crippen molar-refractivity contribution in [2.75, 3.05) is 19.8 Å². The molecule has 174 valence electrons. The highest BCUT2D eigenvalue weighted by Gasteiger charge is 2.30. The van der Waals surface area contributed by atoms with Gasteiger partial charge < -0.3 is 14.8 Å². The van der Waals surface area contributed by atoms with Crippen molar-refractivity contribution < 1.29 is 27.4 Å². The molecule has 0 aliphatic rings. The molecular weight excluding hydrogens is 439 g/mol. The second-order valence-corrected chi connectivity index (χ2v) is 6.93. The summed E-state index contributed by atoms with van der Waals surface area (Å²) in [7, 11) is 0. The molecule has 0 fully saturated rings. The Hall–Kier alpha value is -3.82. The fourth-order valence-electron chi connectivity index (χ4n) is 2.92. The number of amides is 1. The molecule has 3 aromatic rings. The van der Waals surface area contributed by atoms with Crippen LogP contribution < -0.4 is 20.3 Å². The van der Waals surface area contributed by atoms with Crippen LogP contribution in [0.3, 0.4) is 0 Å². The molecule has 3 rings (SSSR count). The summed E-state index contributed by atoms with van der Waals surface area (Å²) in [6, 6.07) is 12.9. The maximum absolute atomic E-state index is 12.7. The third-order valence-corrected chi connectivity index (χ3v) is 4.55. The summed E-state index contributed by atoms with van der Waals surface area (Å²) in [5.74, 6) is 0.132. The molecular formula is C23H22F3N3O4. The van der Waals surface area contributed by atoms with Gasteiger partial charge >= 0.3 is 6.18 Å². The molecule has 0 aliphatic carbocycles. The number of hydrogen-bond donors (Lipinski definition) is 1. The average Bonchev–Trinajstić information content (AvgIpc) is 2.79. The monoisotopic (exact) mass is 461 g/mol. The van der Waals surface area contributed by atoms with E-state index in [0.29, 0.717) is 12.3 Å². The predicted molar refractivity (Wildman–Crippen MR) is 115 cm³/mol. The van der Waals surface area contributed by atoms with Gasteiger partial charge in [-0.05, 0) is 49.4 Å². The Balaban J connectivity index is 1.49. The van der Waals surface area contributed by atoms with E-state index in [2.05, 4.69) is 10.3 Å². The van der Waals surface area contributed by atoms with Crippen LogP contribution in [-0.4, -0.2) is 35.2 Å². The third-order valence-electron chi connectivity index (χ3n) is 4.55. The van der Waals surface area contributed by atoms with E-state index in [1.54, 1.807) is 12.1 Å². The fraction of sp³-hybridized carbons (Fsp3) is 0.261. The summed E-state index contributed by atoms with van der Waals surface area (Å²) in [4.78, 5) is 28.5. The smallest absolute Gasteiger partial charge is 0.416 e. The largest absolute Gasteiger partial charge is 0.494 e. The Bertz CT molecular complexity index is 1140. The molecule has 1 aromatic heterocycles. The number of benzene rings is 2. The Morgan fingerprint density at radius 2 is 1.82 bits per heavy atom. The fourth-order valence-corrected chi connectivity index (χ4v) is 2.92. The van der Waals surface area contributed by atoms with Crippen molar-refractivity contribution in [1.82, 2.24) is 14.9 Å². The number of alkyl halides is 3. The molecule has 0 saturated heterocycles. The van der Waals surface area contributed by atoms with Gasteiger partial charge in [0.05, 0.1) is 24.2 Å². The van der Waals surface area contributed by atoms with Crippen molar-refractivity contribution in [2.45, 2.75) is 19.6 Å². The van der Waals surface area contributed by atoms with Crippen molar-refractivity contribution in [3.63, 3.8) is 0 Å². The molecule has 0 bridgehead atoms. The molecule has 1 amide bonds. The molecule has 7 nitrogen and oxygen atoms in total. The lowest BCUT2D eigenvalue weighted by atomic mass is 10.1. The van der Waals surface area contributed by atoms with E-state index in [1.807, 2.05) is 19.1 Å². The second kappa shape index (κ2) is 10.7. The molecule has 1 N–H and O–H groups in total. The first kappa shape index (κ1) is 23.8. The quantitative estimate of drug-likeness (QED) is 0.527. The van der Waals surface area contributed by atoms with E-state index in [4.69, 9.17) is 9.47 Å². The molecule has 2 aromatic carbocycles. The number of carbonyl (C=O) groups is 1. The van der Waals surface area contributed by atoms with Gasteiger partial charge in [0.25, 0.3) is 11.5 Å². The van der Waals surface area contributed by atoms with Gasteiger partial charge in [-0.15, -0.1) is 0 Å². The van der Waals surface area contributed by atoms with Gasteiger partial charge in [-0.2, -0.15) is 13.2 Å². The molecule has 0 spiro atoms. The lowest BCUT2D eigenvalue weighted by Gasteiger charge is -2.11. The van der Waals surface area contributed by atoms with Crippen LogP contribution in [-0.2, 0) is 17.5 Å². The predicted octanol–water partition coefficient (Wildman–Crippen LogP) is 3.52. The van der Waals surface area contributed by atoms with E-state index in [9.17, 15) is 22.8 Å². The van der Waals surface area contributed by atoms with Gasteiger partial charge in [-0.25, -0.2) is 4.98 Å². The van der Waals surface area contributed by atoms with Crippen LogP contribution in [0.2, 0.25) is 0 Å². The van der Waals surface area contributed by atoms with Crippen molar-refractivity contribution in [2.24, 2.45) is 0 Å². The Morgan fingerprint density at radius 1 is 1.06 bits per heavy atom. The zero-order chi connectivity index (χ0) is 23.8. The summed E-state index contributed by atoms with van der Waals surface area (Å²) in [6.45, 7) is 2.28. The van der Waals surface area contributed by atoms with E-state index >= 15 is 0 Å². The molecule has 10 heteroatoms. The van der Waals surface area contributed by atoms with Crippen molar-refractivity contribution >= 4 is 5.91 Å². The number of carbonyl (C=O) groups excluding carboxylic acids is 1. The van der Waals surface area contributed by atoms with Gasteiger partial charge in [-0.1, -0.05) is 6.07 Å². The first-order chi connectivity index (χ1) is 15.8. The van der Waals surface area contributed by atoms with Gasteiger partial charge in [0.2, 0.25) is 0 Å². The highest BCUT2D eigenvalue weighted by atomic mass is 19.4. The van der Waals surface area contributed by atoms with Gasteiger partial charge in [0.1, 0.15) is 11.5 Å². The number of rotatable bonds is 9. The first-order valence-corrected chi connectivity index (χ1v) is 10.1. The average molecular weight is 461 g/mol. The molecule has 33 heavy (non-hydrogen) atoms. The van der Waals surface area contributed by atoms with Crippen molar-refractivity contribution in [3.8, 4) is 22.8 Å². The summed E-state index contributed by atoms with van der Waals surface area (Å²) < 4.78 is 50.0. The highest BCUT2D eigenvalue weighted by molar-refractivity contribution is 5.77. The normalized spacial score (nSPS) is 11.2. The minimum Gasteiger partial charge on any atom is -0.494 e. The van der Waals surface area contributed by atoms with E-state index in [0.717, 1.165) is 23.4 Å². The highest BCUT2D eigenvalue weighted by Crippen LogP contribution is 2.31. The van der Waals surface area contributed by atoms with Crippen LogP contribution in [0.25, 0.3) is 11.3 Å². The van der Waals surface area contributed by atoms with E-state index in [-0.39, 0.29) is 24.4 Å². The van der Waals surface area contributed by atoms with Crippen LogP contribution in [0.15, 0.2) is 65.7 Å². The van der Waals surface area contributed by atoms with Crippen LogP contribution in [0.1, 0.15) is 12.5 Å². The first-order valence-electron chi connectivity index (χ1n) is 10.1. The maximum Gasteiger partial charge on any atom is 0.416 e. The van der Waals surface area contributed by atoms with Crippen LogP contribution in [0.4, 0.5) is 13.2 Å². The Morgan fingerprint density at radius 3 is 2.48 bits per heavy atom. The standard InChI is InChI=1S/C23H22F3N3O4/c1-2-32-18-8-6-16(7-9-18)20-13-22(31)29(15-28-20)11-10-27-21(30)14-33-19-5-3-4-17(12-19)23(24,25)26/h3-9,12-13,15H,2,10-11,14H2,1H3,(H,27,30). The van der Waals surface area contributed by atoms with Gasteiger partial charge in [0.15, 0.2) is 6.61 Å². The summed E-state index contributed by atoms with van der Waals surface area (Å²) in [5.41, 5.74) is 0.130. The maximum atomic E-state index is 12.7. The van der Waals surface area contributed by atoms with Crippen molar-refractivity contribution in [3.05, 3.63) is 76.8 Å². The number of halogens is 3. The number of nitrogens with zero attached hydrogens (tertiary/aromatic N) is 2. The number of aromatic nitrogens is 2. The zero-order valence-corrected chi connectivity index (χ0v) is 17.8. The second-order valence-electron chi connectivity index (χ2n) is 6.93. The summed E-state index contributed by atoms with van der Waals surface area (Å²) in [5, 5.41) is 2.55. The van der Waals surface area contributed by atoms with Crippen LogP contribution in [0.5, 0.6) is 11.5 Å². The molecule has 1 heterocycles. The van der Waals surface area contributed by atoms with Crippen molar-refractivity contribution in [1.29, 1.82) is 0 Å². The Labute approximate surface area is 187 Å². The molecule has 0 saturated carbocycles. The van der Waals surface area contributed by atoms with Gasteiger partial charge in [-0.3, -0.25) is 14.2 Å². The lowest BCUT2D eigenvalue weighted by Crippen LogP contribution is -2.33. The summed E-state index contributed by atoms with van der Waals surface area (Å²) in [6.07, 6.45) is -3.11. The summed E-state index contributed by atoms with van der Waals surface area (Å²) >= 11 is 0. The van der Waals surface area contributed by atoms with Crippen LogP contribution in [0, 0.1) is 0 Å². The lowest BCUT2D eigenvalue weighted by molar-refractivity contribution is -0.137. The molecule has 0 radical (unpaired) electrons. The number of ether oxygens (including phenoxy) is 2. The minimum absolute atomic E-state index is 0.0646. The zero-order valence-electron chi connectivity index (χ0n) is 17.8. The van der Waals surface area contributed by atoms with Crippen LogP contribution >= 0.6 is 0 Å². The SMILES string of the molecule is CCOc1ccc(-c2cc(=O)n(CCNC(=O)COc3cccc(C(F)(F)F)c3)cn2)cc1. The molecule has 0 atom stereocenters. The van der Waals surface area contributed by atoms with Gasteiger partial charge in [0, 0.05) is 24.7 Å². The van der Waals surface area contributed by atoms with E-state index < -0.39 is 24.3 Å². The Kier molecular flexibility index (Phi) is 7.70. The van der Waals surface area contributed by atoms with E-state index in [1.165, 1.54) is 29.1 Å². The molecule has 0 unspecified atom stereocenters. The molecule has 0 aliphatic heterocycles. The topological polar surface area (TPSA) is 82.5 Å².